The Labute approximate surface area is 169 Å². The number of nitrogens with zero attached hydrogens (tertiary/aromatic N) is 1. The van der Waals surface area contributed by atoms with Crippen LogP contribution in [0, 0.1) is 0 Å². The summed E-state index contributed by atoms with van der Waals surface area (Å²) < 4.78 is 5.23. The summed E-state index contributed by atoms with van der Waals surface area (Å²) in [5, 5.41) is 6.46. The number of amides is 3. The van der Waals surface area contributed by atoms with E-state index in [2.05, 4.69) is 10.6 Å². The minimum Gasteiger partial charge on any atom is -0.497 e. The van der Waals surface area contributed by atoms with E-state index in [1.54, 1.807) is 43.2 Å². The maximum Gasteiger partial charge on any atom is 0.319 e. The van der Waals surface area contributed by atoms with E-state index in [-0.39, 0.29) is 23.9 Å². The number of likely N-dealkylation sites (tertiary alicyclic amines) is 1. The lowest BCUT2D eigenvalue weighted by atomic mass is 9.85. The first kappa shape index (κ1) is 20.0. The highest BCUT2D eigenvalue weighted by Crippen LogP contribution is 2.30. The van der Waals surface area contributed by atoms with E-state index >= 15 is 0 Å². The second-order valence-electron chi connectivity index (χ2n) is 6.85. The van der Waals surface area contributed by atoms with Gasteiger partial charge in [0.15, 0.2) is 0 Å². The number of halogens is 1. The lowest BCUT2D eigenvalue weighted by Crippen LogP contribution is -2.53. The van der Waals surface area contributed by atoms with Crippen LogP contribution in [0.3, 0.4) is 0 Å². The summed E-state index contributed by atoms with van der Waals surface area (Å²) >= 11 is 5.88. The number of rotatable bonds is 4. The van der Waals surface area contributed by atoms with Gasteiger partial charge in [-0.15, -0.1) is 0 Å². The maximum absolute atomic E-state index is 12.5. The third kappa shape index (κ3) is 4.95. The Morgan fingerprint density at radius 2 is 1.79 bits per heavy atom. The minimum absolute atomic E-state index is 0.0121. The molecule has 148 valence electrons. The number of hydrogen-bond acceptors (Lipinski definition) is 3. The van der Waals surface area contributed by atoms with E-state index in [0.29, 0.717) is 23.8 Å². The van der Waals surface area contributed by atoms with Gasteiger partial charge in [-0.25, -0.2) is 4.79 Å². The number of urea groups is 1. The first-order valence-electron chi connectivity index (χ1n) is 9.19. The van der Waals surface area contributed by atoms with Crippen molar-refractivity contribution in [2.45, 2.75) is 25.3 Å². The first-order chi connectivity index (χ1) is 13.5. The lowest BCUT2D eigenvalue weighted by molar-refractivity contribution is -0.130. The normalized spacial score (nSPS) is 19.0. The number of carbonyl (C=O) groups is 2. The molecule has 0 unspecified atom stereocenters. The molecule has 1 fully saturated rings. The summed E-state index contributed by atoms with van der Waals surface area (Å²) in [6, 6.07) is 14.3. The number of anilines is 1. The van der Waals surface area contributed by atoms with E-state index < -0.39 is 0 Å². The molecular weight excluding hydrogens is 378 g/mol. The first-order valence-corrected chi connectivity index (χ1v) is 9.56. The molecule has 3 amide bonds. The van der Waals surface area contributed by atoms with Gasteiger partial charge in [-0.1, -0.05) is 23.7 Å². The number of ether oxygens (including phenoxy) is 1. The Balaban J connectivity index is 1.73. The van der Waals surface area contributed by atoms with E-state index in [0.717, 1.165) is 17.7 Å². The molecule has 2 aromatic carbocycles. The Hall–Kier alpha value is -2.73. The monoisotopic (exact) mass is 401 g/mol. The lowest BCUT2D eigenvalue weighted by Gasteiger charge is -2.38. The molecule has 0 aromatic heterocycles. The zero-order chi connectivity index (χ0) is 20.1. The second-order valence-corrected chi connectivity index (χ2v) is 7.28. The van der Waals surface area contributed by atoms with Crippen LogP contribution in [-0.2, 0) is 4.79 Å². The van der Waals surface area contributed by atoms with Crippen LogP contribution in [0.1, 0.15) is 24.8 Å². The van der Waals surface area contributed by atoms with Crippen LogP contribution in [0.5, 0.6) is 5.75 Å². The summed E-state index contributed by atoms with van der Waals surface area (Å²) in [5.74, 6) is 0.908. The Morgan fingerprint density at radius 1 is 1.11 bits per heavy atom. The zero-order valence-electron chi connectivity index (χ0n) is 15.9. The average molecular weight is 402 g/mol. The van der Waals surface area contributed by atoms with Crippen molar-refractivity contribution >= 4 is 29.2 Å². The highest BCUT2D eigenvalue weighted by atomic mass is 35.5. The van der Waals surface area contributed by atoms with Gasteiger partial charge in [0.25, 0.3) is 0 Å². The van der Waals surface area contributed by atoms with Crippen molar-refractivity contribution < 1.29 is 14.3 Å². The van der Waals surface area contributed by atoms with Crippen LogP contribution < -0.4 is 15.4 Å². The van der Waals surface area contributed by atoms with E-state index in [4.69, 9.17) is 16.3 Å². The molecule has 2 atom stereocenters. The van der Waals surface area contributed by atoms with Gasteiger partial charge < -0.3 is 20.3 Å². The van der Waals surface area contributed by atoms with E-state index in [1.807, 2.05) is 24.3 Å². The summed E-state index contributed by atoms with van der Waals surface area (Å²) in [7, 11) is 1.63. The molecule has 0 radical (unpaired) electrons. The molecule has 3 rings (SSSR count). The number of benzene rings is 2. The van der Waals surface area contributed by atoms with Crippen LogP contribution in [0.15, 0.2) is 48.5 Å². The van der Waals surface area contributed by atoms with Gasteiger partial charge in [0.2, 0.25) is 5.91 Å². The second kappa shape index (κ2) is 8.97. The molecule has 1 saturated heterocycles. The molecule has 28 heavy (non-hydrogen) atoms. The number of methoxy groups -OCH3 is 1. The van der Waals surface area contributed by atoms with Crippen LogP contribution >= 0.6 is 11.6 Å². The smallest absolute Gasteiger partial charge is 0.319 e. The molecule has 6 nitrogen and oxygen atoms in total. The van der Waals surface area contributed by atoms with Crippen LogP contribution in [0.4, 0.5) is 10.5 Å². The van der Waals surface area contributed by atoms with Crippen molar-refractivity contribution in [3.05, 3.63) is 59.1 Å². The van der Waals surface area contributed by atoms with Gasteiger partial charge in [-0.2, -0.15) is 0 Å². The standard InChI is InChI=1S/C21H24ClN3O3/c1-14(26)25-12-11-19(15-3-9-18(28-2)10-4-15)20(13-25)24-21(27)23-17-7-5-16(22)6-8-17/h3-10,19-20H,11-13H2,1-2H3,(H2,23,24,27)/t19-,20+/m0/s1. The number of piperidine rings is 1. The fourth-order valence-electron chi connectivity index (χ4n) is 3.50. The van der Waals surface area contributed by atoms with Gasteiger partial charge in [0.05, 0.1) is 13.2 Å². The largest absolute Gasteiger partial charge is 0.497 e. The SMILES string of the molecule is COc1ccc([C@@H]2CCN(C(C)=O)C[C@H]2NC(=O)Nc2ccc(Cl)cc2)cc1. The van der Waals surface area contributed by atoms with Crippen molar-refractivity contribution in [2.75, 3.05) is 25.5 Å². The molecule has 0 saturated carbocycles. The fraction of sp³-hybridized carbons (Fsp3) is 0.333. The quantitative estimate of drug-likeness (QED) is 0.816. The third-order valence-electron chi connectivity index (χ3n) is 5.02. The van der Waals surface area contributed by atoms with E-state index in [1.165, 1.54) is 0 Å². The van der Waals surface area contributed by atoms with E-state index in [9.17, 15) is 9.59 Å². The Bertz CT molecular complexity index is 824. The van der Waals surface area contributed by atoms with Gasteiger partial charge >= 0.3 is 6.03 Å². The van der Waals surface area contributed by atoms with Crippen LogP contribution in [-0.4, -0.2) is 43.1 Å². The minimum atomic E-state index is -0.309. The number of hydrogen-bond donors (Lipinski definition) is 2. The summed E-state index contributed by atoms with van der Waals surface area (Å²) in [5.41, 5.74) is 1.77. The average Bonchev–Trinajstić information content (AvgIpc) is 2.69. The van der Waals surface area contributed by atoms with Crippen molar-refractivity contribution in [1.82, 2.24) is 10.2 Å². The Morgan fingerprint density at radius 3 is 2.39 bits per heavy atom. The molecular formula is C21H24ClN3O3. The van der Waals surface area contributed by atoms with Crippen molar-refractivity contribution in [3.8, 4) is 5.75 Å². The molecule has 7 heteroatoms. The van der Waals surface area contributed by atoms with Gasteiger partial charge in [0.1, 0.15) is 5.75 Å². The molecule has 0 spiro atoms. The molecule has 2 N–H and O–H groups in total. The third-order valence-corrected chi connectivity index (χ3v) is 5.27. The molecule has 1 heterocycles. The molecule has 0 aliphatic carbocycles. The highest BCUT2D eigenvalue weighted by Gasteiger charge is 2.32. The molecule has 1 aliphatic heterocycles. The number of carbonyl (C=O) groups excluding carboxylic acids is 2. The maximum atomic E-state index is 12.5. The van der Waals surface area contributed by atoms with Crippen molar-refractivity contribution in [1.29, 1.82) is 0 Å². The summed E-state index contributed by atoms with van der Waals surface area (Å²) in [4.78, 5) is 26.2. The van der Waals surface area contributed by atoms with Gasteiger partial charge in [-0.3, -0.25) is 4.79 Å². The van der Waals surface area contributed by atoms with Crippen molar-refractivity contribution in [2.24, 2.45) is 0 Å². The Kier molecular flexibility index (Phi) is 6.41. The predicted molar refractivity (Wildman–Crippen MR) is 110 cm³/mol. The summed E-state index contributed by atoms with van der Waals surface area (Å²) in [6.07, 6.45) is 0.776. The topological polar surface area (TPSA) is 70.7 Å². The molecule has 0 bridgehead atoms. The predicted octanol–water partition coefficient (Wildman–Crippen LogP) is 3.87. The van der Waals surface area contributed by atoms with Crippen molar-refractivity contribution in [3.63, 3.8) is 0 Å². The highest BCUT2D eigenvalue weighted by molar-refractivity contribution is 6.30. The van der Waals surface area contributed by atoms with Gasteiger partial charge in [-0.05, 0) is 48.4 Å². The number of nitrogens with one attached hydrogen (secondary N) is 2. The molecule has 1 aliphatic rings. The molecule has 2 aromatic rings. The summed E-state index contributed by atoms with van der Waals surface area (Å²) in [6.45, 7) is 2.70. The zero-order valence-corrected chi connectivity index (χ0v) is 16.7. The van der Waals surface area contributed by atoms with Crippen LogP contribution in [0.2, 0.25) is 5.02 Å². The fourth-order valence-corrected chi connectivity index (χ4v) is 3.63. The van der Waals surface area contributed by atoms with Gasteiger partial charge in [0, 0.05) is 36.6 Å². The van der Waals surface area contributed by atoms with Crippen LogP contribution in [0.25, 0.3) is 0 Å².